The first-order valence-corrected chi connectivity index (χ1v) is 5.25. The summed E-state index contributed by atoms with van der Waals surface area (Å²) in [5.41, 5.74) is 0.122. The topological polar surface area (TPSA) is 106 Å². The van der Waals surface area contributed by atoms with Crippen molar-refractivity contribution in [3.63, 3.8) is 0 Å². The number of aromatic nitrogens is 3. The quantitative estimate of drug-likeness (QED) is 0.801. The molecule has 0 fully saturated rings. The maximum atomic E-state index is 11.3. The second-order valence-electron chi connectivity index (χ2n) is 3.44. The van der Waals surface area contributed by atoms with Crippen LogP contribution in [0.5, 0.6) is 0 Å². The number of fused-ring (bicyclic) bond motifs is 1. The molecule has 2 rings (SSSR count). The van der Waals surface area contributed by atoms with Gasteiger partial charge in [-0.25, -0.2) is 14.1 Å². The van der Waals surface area contributed by atoms with Crippen molar-refractivity contribution in [1.29, 1.82) is 0 Å². The Morgan fingerprint density at radius 3 is 3.05 bits per heavy atom. The van der Waals surface area contributed by atoms with Crippen LogP contribution in [0.3, 0.4) is 0 Å². The Balaban J connectivity index is 2.26. The molecule has 0 aliphatic heterocycles. The predicted octanol–water partition coefficient (Wildman–Crippen LogP) is 1.16. The van der Waals surface area contributed by atoms with Gasteiger partial charge in [-0.15, -0.1) is 5.10 Å². The van der Waals surface area contributed by atoms with Gasteiger partial charge in [-0.05, 0) is 12.1 Å². The Kier molecular flexibility index (Phi) is 3.42. The largest absolute Gasteiger partial charge is 0.478 e. The van der Waals surface area contributed by atoms with E-state index in [-0.39, 0.29) is 23.8 Å². The summed E-state index contributed by atoms with van der Waals surface area (Å²) in [6.07, 6.45) is 2.20. The van der Waals surface area contributed by atoms with Crippen LogP contribution in [0.4, 0.5) is 10.7 Å². The van der Waals surface area contributed by atoms with Crippen LogP contribution in [-0.4, -0.2) is 38.4 Å². The third kappa shape index (κ3) is 2.68. The highest BCUT2D eigenvalue weighted by atomic mass is 16.5. The van der Waals surface area contributed by atoms with Gasteiger partial charge in [0.1, 0.15) is 12.2 Å². The molecule has 1 amide bonds. The Morgan fingerprint density at radius 1 is 1.58 bits per heavy atom. The first kappa shape index (κ1) is 12.6. The Bertz CT molecular complexity index is 649. The standard InChI is InChI=1S/C11H10N4O4/c1-2-6-19-11(18)13-10-12-8-7(9(16)17)4-3-5-15(8)14-10/h2-5H,1,6H2,(H,16,17)(H,13,14,18). The van der Waals surface area contributed by atoms with Gasteiger partial charge >= 0.3 is 12.1 Å². The summed E-state index contributed by atoms with van der Waals surface area (Å²) in [6, 6.07) is 2.91. The molecule has 2 heterocycles. The molecule has 0 aliphatic rings. The van der Waals surface area contributed by atoms with Gasteiger partial charge < -0.3 is 9.84 Å². The second-order valence-corrected chi connectivity index (χ2v) is 3.44. The van der Waals surface area contributed by atoms with E-state index in [1.54, 1.807) is 0 Å². The van der Waals surface area contributed by atoms with E-state index in [9.17, 15) is 9.59 Å². The van der Waals surface area contributed by atoms with Gasteiger partial charge in [0, 0.05) is 6.20 Å². The monoisotopic (exact) mass is 262 g/mol. The van der Waals surface area contributed by atoms with E-state index >= 15 is 0 Å². The minimum Gasteiger partial charge on any atom is -0.478 e. The lowest BCUT2D eigenvalue weighted by atomic mass is 10.3. The van der Waals surface area contributed by atoms with Gasteiger partial charge in [0.05, 0.1) is 0 Å². The number of carbonyl (C=O) groups excluding carboxylic acids is 1. The van der Waals surface area contributed by atoms with Gasteiger partial charge in [0.15, 0.2) is 5.65 Å². The van der Waals surface area contributed by atoms with Gasteiger partial charge in [0.2, 0.25) is 0 Å². The molecule has 98 valence electrons. The number of carboxylic acids is 1. The van der Waals surface area contributed by atoms with Gasteiger partial charge in [-0.3, -0.25) is 5.32 Å². The molecule has 2 aromatic rings. The fourth-order valence-electron chi connectivity index (χ4n) is 1.39. The molecule has 0 saturated heterocycles. The van der Waals surface area contributed by atoms with Crippen LogP contribution < -0.4 is 5.32 Å². The third-order valence-corrected chi connectivity index (χ3v) is 2.14. The SMILES string of the molecule is C=CCOC(=O)Nc1nc2c(C(=O)O)cccn2n1. The maximum Gasteiger partial charge on any atom is 0.414 e. The molecule has 0 radical (unpaired) electrons. The number of carboxylic acid groups (broad SMARTS) is 1. The summed E-state index contributed by atoms with van der Waals surface area (Å²) >= 11 is 0. The number of hydrogen-bond acceptors (Lipinski definition) is 5. The van der Waals surface area contributed by atoms with Crippen molar-refractivity contribution in [1.82, 2.24) is 14.6 Å². The van der Waals surface area contributed by atoms with E-state index in [1.807, 2.05) is 0 Å². The van der Waals surface area contributed by atoms with Gasteiger partial charge in [0.25, 0.3) is 5.95 Å². The van der Waals surface area contributed by atoms with Crippen LogP contribution in [0.2, 0.25) is 0 Å². The van der Waals surface area contributed by atoms with Gasteiger partial charge in [-0.1, -0.05) is 12.7 Å². The third-order valence-electron chi connectivity index (χ3n) is 2.14. The number of nitrogens with one attached hydrogen (secondary N) is 1. The molecule has 0 aliphatic carbocycles. The summed E-state index contributed by atoms with van der Waals surface area (Å²) in [7, 11) is 0. The zero-order chi connectivity index (χ0) is 13.8. The second kappa shape index (κ2) is 5.17. The van der Waals surface area contributed by atoms with Crippen molar-refractivity contribution in [2.45, 2.75) is 0 Å². The van der Waals surface area contributed by atoms with Crippen molar-refractivity contribution in [3.8, 4) is 0 Å². The lowest BCUT2D eigenvalue weighted by molar-refractivity contribution is 0.0698. The lowest BCUT2D eigenvalue weighted by Crippen LogP contribution is -2.14. The number of hydrogen-bond donors (Lipinski definition) is 2. The minimum atomic E-state index is -1.13. The fourth-order valence-corrected chi connectivity index (χ4v) is 1.39. The summed E-state index contributed by atoms with van der Waals surface area (Å²) in [5.74, 6) is -1.17. The van der Waals surface area contributed by atoms with Crippen molar-refractivity contribution in [2.24, 2.45) is 0 Å². The number of amides is 1. The van der Waals surface area contributed by atoms with Crippen LogP contribution in [0.25, 0.3) is 5.65 Å². The highest BCUT2D eigenvalue weighted by molar-refractivity contribution is 5.94. The molecule has 2 aromatic heterocycles. The summed E-state index contributed by atoms with van der Waals surface area (Å²) in [4.78, 5) is 26.2. The average Bonchev–Trinajstić information content (AvgIpc) is 2.77. The molecule has 0 unspecified atom stereocenters. The number of carbonyl (C=O) groups is 2. The average molecular weight is 262 g/mol. The summed E-state index contributed by atoms with van der Waals surface area (Å²) in [6.45, 7) is 3.45. The molecule has 8 heteroatoms. The van der Waals surface area contributed by atoms with Crippen molar-refractivity contribution in [3.05, 3.63) is 36.5 Å². The Labute approximate surface area is 107 Å². The molecule has 0 aromatic carbocycles. The molecule has 0 bridgehead atoms. The molecular formula is C11H10N4O4. The predicted molar refractivity (Wildman–Crippen MR) is 65.1 cm³/mol. The first-order valence-electron chi connectivity index (χ1n) is 5.25. The molecule has 8 nitrogen and oxygen atoms in total. The molecule has 0 saturated carbocycles. The molecule has 0 atom stereocenters. The summed E-state index contributed by atoms with van der Waals surface area (Å²) in [5, 5.41) is 15.2. The van der Waals surface area contributed by atoms with E-state index in [0.29, 0.717) is 0 Å². The zero-order valence-electron chi connectivity index (χ0n) is 9.74. The smallest absolute Gasteiger partial charge is 0.414 e. The van der Waals surface area contributed by atoms with E-state index in [0.717, 1.165) is 0 Å². The number of anilines is 1. The molecule has 2 N–H and O–H groups in total. The van der Waals surface area contributed by atoms with Gasteiger partial charge in [-0.2, -0.15) is 4.98 Å². The van der Waals surface area contributed by atoms with E-state index in [1.165, 1.54) is 28.9 Å². The van der Waals surface area contributed by atoms with E-state index in [4.69, 9.17) is 9.84 Å². The zero-order valence-corrected chi connectivity index (χ0v) is 9.74. The van der Waals surface area contributed by atoms with Crippen molar-refractivity contribution < 1.29 is 19.4 Å². The molecule has 0 spiro atoms. The number of nitrogens with zero attached hydrogens (tertiary/aromatic N) is 3. The molecule has 19 heavy (non-hydrogen) atoms. The first-order chi connectivity index (χ1) is 9.11. The lowest BCUT2D eigenvalue weighted by Gasteiger charge is -1.99. The Morgan fingerprint density at radius 2 is 2.37 bits per heavy atom. The Hall–Kier alpha value is -2.90. The number of aromatic carboxylic acids is 1. The van der Waals surface area contributed by atoms with Crippen molar-refractivity contribution in [2.75, 3.05) is 11.9 Å². The number of pyridine rings is 1. The normalized spacial score (nSPS) is 10.1. The number of ether oxygens (including phenoxy) is 1. The van der Waals surface area contributed by atoms with Crippen LogP contribution in [-0.2, 0) is 4.74 Å². The van der Waals surface area contributed by atoms with Crippen molar-refractivity contribution >= 4 is 23.7 Å². The highest BCUT2D eigenvalue weighted by Crippen LogP contribution is 2.11. The van der Waals surface area contributed by atoms with Crippen LogP contribution in [0.1, 0.15) is 10.4 Å². The minimum absolute atomic E-state index is 0.0116. The molecular weight excluding hydrogens is 252 g/mol. The van der Waals surface area contributed by atoms with E-state index in [2.05, 4.69) is 22.0 Å². The highest BCUT2D eigenvalue weighted by Gasteiger charge is 2.14. The number of rotatable bonds is 4. The fraction of sp³-hybridized carbons (Fsp3) is 0.0909. The van der Waals surface area contributed by atoms with E-state index < -0.39 is 12.1 Å². The van der Waals surface area contributed by atoms with Crippen LogP contribution >= 0.6 is 0 Å². The maximum absolute atomic E-state index is 11.3. The summed E-state index contributed by atoms with van der Waals surface area (Å²) < 4.78 is 5.95. The van der Waals surface area contributed by atoms with Crippen LogP contribution in [0.15, 0.2) is 31.0 Å². The van der Waals surface area contributed by atoms with Crippen LogP contribution in [0, 0.1) is 0 Å².